The predicted octanol–water partition coefficient (Wildman–Crippen LogP) is 2.64. The Morgan fingerprint density at radius 1 is 1.44 bits per heavy atom. The van der Waals surface area contributed by atoms with E-state index >= 15 is 0 Å². The number of nitrogens with two attached hydrogens (primary N) is 1. The molecule has 0 atom stereocenters. The van der Waals surface area contributed by atoms with Crippen molar-refractivity contribution in [2.75, 3.05) is 0 Å². The summed E-state index contributed by atoms with van der Waals surface area (Å²) in [6, 6.07) is 3.75. The molecule has 86 valence electrons. The zero-order valence-electron chi connectivity index (χ0n) is 9.66. The number of furan rings is 1. The van der Waals surface area contributed by atoms with Crippen molar-refractivity contribution in [2.45, 2.75) is 32.2 Å². The summed E-state index contributed by atoms with van der Waals surface area (Å²) in [5.41, 5.74) is 6.76. The molecule has 0 unspecified atom stereocenters. The highest BCUT2D eigenvalue weighted by molar-refractivity contribution is 5.50. The first kappa shape index (κ1) is 11.0. The Morgan fingerprint density at radius 2 is 2.19 bits per heavy atom. The van der Waals surface area contributed by atoms with Crippen molar-refractivity contribution >= 4 is 0 Å². The molecule has 0 aliphatic rings. The highest BCUT2D eigenvalue weighted by Gasteiger charge is 2.26. The van der Waals surface area contributed by atoms with Crippen LogP contribution in [0, 0.1) is 0 Å². The molecule has 3 N–H and O–H groups in total. The third-order valence-corrected chi connectivity index (χ3v) is 3.10. The van der Waals surface area contributed by atoms with Gasteiger partial charge in [-0.05, 0) is 25.0 Å². The molecule has 4 heteroatoms. The van der Waals surface area contributed by atoms with E-state index in [2.05, 4.69) is 23.8 Å². The minimum atomic E-state index is -0.370. The van der Waals surface area contributed by atoms with Crippen LogP contribution < -0.4 is 5.73 Å². The Hall–Kier alpha value is -1.55. The molecule has 0 aliphatic heterocycles. The van der Waals surface area contributed by atoms with Gasteiger partial charge >= 0.3 is 0 Å². The number of imidazole rings is 1. The summed E-state index contributed by atoms with van der Waals surface area (Å²) in [5, 5.41) is 0. The predicted molar refractivity (Wildman–Crippen MR) is 62.7 cm³/mol. The van der Waals surface area contributed by atoms with Crippen LogP contribution in [0.5, 0.6) is 0 Å². The van der Waals surface area contributed by atoms with Gasteiger partial charge in [-0.15, -0.1) is 0 Å². The van der Waals surface area contributed by atoms with Gasteiger partial charge in [0, 0.05) is 0 Å². The summed E-state index contributed by atoms with van der Waals surface area (Å²) < 4.78 is 5.30. The fraction of sp³-hybridized carbons (Fsp3) is 0.417. The lowest BCUT2D eigenvalue weighted by molar-refractivity contribution is 0.390. The lowest BCUT2D eigenvalue weighted by atomic mass is 9.93. The lowest BCUT2D eigenvalue weighted by Crippen LogP contribution is -2.36. The Bertz CT molecular complexity index is 441. The largest absolute Gasteiger partial charge is 0.463 e. The van der Waals surface area contributed by atoms with E-state index in [4.69, 9.17) is 10.2 Å². The highest BCUT2D eigenvalue weighted by atomic mass is 16.3. The second kappa shape index (κ2) is 4.14. The summed E-state index contributed by atoms with van der Waals surface area (Å²) >= 11 is 0. The molecule has 0 radical (unpaired) electrons. The van der Waals surface area contributed by atoms with Crippen LogP contribution in [0.2, 0.25) is 0 Å². The number of rotatable bonds is 4. The van der Waals surface area contributed by atoms with Gasteiger partial charge in [0.15, 0.2) is 5.76 Å². The smallest absolute Gasteiger partial charge is 0.151 e. The van der Waals surface area contributed by atoms with Crippen molar-refractivity contribution < 1.29 is 4.42 Å². The van der Waals surface area contributed by atoms with E-state index in [-0.39, 0.29) is 5.54 Å². The first-order chi connectivity index (χ1) is 7.69. The van der Waals surface area contributed by atoms with Gasteiger partial charge in [-0.1, -0.05) is 13.8 Å². The maximum absolute atomic E-state index is 6.26. The van der Waals surface area contributed by atoms with Crippen molar-refractivity contribution in [3.8, 4) is 11.5 Å². The molecule has 2 heterocycles. The molecule has 0 aromatic carbocycles. The van der Waals surface area contributed by atoms with Crippen LogP contribution in [0.1, 0.15) is 32.5 Å². The van der Waals surface area contributed by atoms with Crippen LogP contribution >= 0.6 is 0 Å². The van der Waals surface area contributed by atoms with Gasteiger partial charge in [0.2, 0.25) is 0 Å². The molecule has 0 aliphatic carbocycles. The Labute approximate surface area is 94.9 Å². The Balaban J connectivity index is 2.33. The van der Waals surface area contributed by atoms with Crippen molar-refractivity contribution in [1.29, 1.82) is 0 Å². The number of hydrogen-bond donors (Lipinski definition) is 2. The number of aromatic amines is 1. The molecule has 0 spiro atoms. The van der Waals surface area contributed by atoms with Crippen LogP contribution in [0.25, 0.3) is 11.5 Å². The maximum atomic E-state index is 6.26. The fourth-order valence-corrected chi connectivity index (χ4v) is 1.72. The molecule has 2 aromatic rings. The number of nitrogens with zero attached hydrogens (tertiary/aromatic N) is 1. The van der Waals surface area contributed by atoms with Crippen LogP contribution in [0.15, 0.2) is 29.0 Å². The third kappa shape index (κ3) is 1.76. The van der Waals surface area contributed by atoms with Gasteiger partial charge in [0.1, 0.15) is 11.5 Å². The van der Waals surface area contributed by atoms with Gasteiger partial charge in [0.05, 0.1) is 18.0 Å². The molecule has 2 rings (SSSR count). The summed E-state index contributed by atoms with van der Waals surface area (Å²) in [5.74, 6) is 1.61. The Kier molecular flexibility index (Phi) is 2.83. The average Bonchev–Trinajstić information content (AvgIpc) is 2.97. The summed E-state index contributed by atoms with van der Waals surface area (Å²) in [4.78, 5) is 7.57. The summed E-state index contributed by atoms with van der Waals surface area (Å²) in [6.45, 7) is 4.14. The molecule has 0 saturated carbocycles. The van der Waals surface area contributed by atoms with Crippen LogP contribution in [0.4, 0.5) is 0 Å². The SMILES string of the molecule is CCC(N)(CC)c1ncc(-c2ccco2)[nH]1. The molecule has 4 nitrogen and oxygen atoms in total. The van der Waals surface area contributed by atoms with Gasteiger partial charge in [-0.25, -0.2) is 4.98 Å². The van der Waals surface area contributed by atoms with Gasteiger partial charge in [-0.3, -0.25) is 0 Å². The average molecular weight is 219 g/mol. The molecular weight excluding hydrogens is 202 g/mol. The number of hydrogen-bond acceptors (Lipinski definition) is 3. The summed E-state index contributed by atoms with van der Waals surface area (Å²) in [6.07, 6.45) is 5.12. The van der Waals surface area contributed by atoms with Crippen molar-refractivity contribution in [3.63, 3.8) is 0 Å². The fourth-order valence-electron chi connectivity index (χ4n) is 1.72. The molecular formula is C12H17N3O. The molecule has 16 heavy (non-hydrogen) atoms. The Morgan fingerprint density at radius 3 is 2.75 bits per heavy atom. The van der Waals surface area contributed by atoms with E-state index in [0.717, 1.165) is 30.1 Å². The van der Waals surface area contributed by atoms with Crippen LogP contribution in [-0.2, 0) is 5.54 Å². The number of nitrogens with one attached hydrogen (secondary N) is 1. The van der Waals surface area contributed by atoms with E-state index in [9.17, 15) is 0 Å². The minimum absolute atomic E-state index is 0.370. The molecule has 0 bridgehead atoms. The monoisotopic (exact) mass is 219 g/mol. The van der Waals surface area contributed by atoms with Crippen LogP contribution in [-0.4, -0.2) is 9.97 Å². The standard InChI is InChI=1S/C12H17N3O/c1-3-12(13,4-2)11-14-8-9(15-11)10-6-5-7-16-10/h5-8H,3-4,13H2,1-2H3,(H,14,15). The van der Waals surface area contributed by atoms with E-state index in [1.807, 2.05) is 12.1 Å². The third-order valence-electron chi connectivity index (χ3n) is 3.10. The second-order valence-electron chi connectivity index (χ2n) is 3.99. The van der Waals surface area contributed by atoms with Gasteiger partial charge in [-0.2, -0.15) is 0 Å². The first-order valence-electron chi connectivity index (χ1n) is 5.58. The van der Waals surface area contributed by atoms with E-state index in [1.54, 1.807) is 12.5 Å². The summed E-state index contributed by atoms with van der Waals surface area (Å²) in [7, 11) is 0. The van der Waals surface area contributed by atoms with Gasteiger partial charge in [0.25, 0.3) is 0 Å². The van der Waals surface area contributed by atoms with Gasteiger partial charge < -0.3 is 15.1 Å². The van der Waals surface area contributed by atoms with Crippen molar-refractivity contribution in [1.82, 2.24) is 9.97 Å². The van der Waals surface area contributed by atoms with E-state index < -0.39 is 0 Å². The zero-order valence-corrected chi connectivity index (χ0v) is 9.66. The topological polar surface area (TPSA) is 67.8 Å². The molecule has 0 saturated heterocycles. The minimum Gasteiger partial charge on any atom is -0.463 e. The molecule has 2 aromatic heterocycles. The maximum Gasteiger partial charge on any atom is 0.151 e. The van der Waals surface area contributed by atoms with E-state index in [1.165, 1.54) is 0 Å². The zero-order chi connectivity index (χ0) is 11.6. The highest BCUT2D eigenvalue weighted by Crippen LogP contribution is 2.25. The molecule has 0 fully saturated rings. The quantitative estimate of drug-likeness (QED) is 0.830. The van der Waals surface area contributed by atoms with E-state index in [0.29, 0.717) is 0 Å². The normalized spacial score (nSPS) is 11.9. The lowest BCUT2D eigenvalue weighted by Gasteiger charge is -2.23. The first-order valence-corrected chi connectivity index (χ1v) is 5.58. The van der Waals surface area contributed by atoms with Crippen molar-refractivity contribution in [2.24, 2.45) is 5.73 Å². The van der Waals surface area contributed by atoms with Crippen molar-refractivity contribution in [3.05, 3.63) is 30.4 Å². The van der Waals surface area contributed by atoms with Crippen LogP contribution in [0.3, 0.4) is 0 Å². The second-order valence-corrected chi connectivity index (χ2v) is 3.99. The number of aromatic nitrogens is 2. The molecule has 0 amide bonds. The number of H-pyrrole nitrogens is 1.